The minimum Gasteiger partial charge on any atom is -0.375 e. The van der Waals surface area contributed by atoms with E-state index < -0.39 is 0 Å². The maximum atomic E-state index is 5.87. The first-order chi connectivity index (χ1) is 10.6. The largest absolute Gasteiger partial charge is 0.375 e. The fourth-order valence-corrected chi connectivity index (χ4v) is 2.85. The Morgan fingerprint density at radius 2 is 1.91 bits per heavy atom. The minimum atomic E-state index is 0.115. The van der Waals surface area contributed by atoms with Crippen LogP contribution in [-0.4, -0.2) is 19.6 Å². The summed E-state index contributed by atoms with van der Waals surface area (Å²) in [7, 11) is 2.14. The van der Waals surface area contributed by atoms with Crippen molar-refractivity contribution in [3.8, 4) is 0 Å². The lowest BCUT2D eigenvalue weighted by Gasteiger charge is -2.21. The Balaban J connectivity index is 1.95. The number of nitrogens with two attached hydrogens (primary N) is 1. The van der Waals surface area contributed by atoms with Gasteiger partial charge in [0.05, 0.1) is 0 Å². The molecule has 2 N–H and O–H groups in total. The number of anilines is 1. The van der Waals surface area contributed by atoms with Crippen molar-refractivity contribution >= 4 is 11.3 Å². The van der Waals surface area contributed by atoms with Gasteiger partial charge < -0.3 is 10.6 Å². The molecule has 0 spiro atoms. The first kappa shape index (κ1) is 16.6. The lowest BCUT2D eigenvalue weighted by Crippen LogP contribution is -2.22. The molecule has 0 saturated heterocycles. The van der Waals surface area contributed by atoms with Crippen LogP contribution in [0.25, 0.3) is 5.57 Å². The zero-order valence-corrected chi connectivity index (χ0v) is 13.9. The Morgan fingerprint density at radius 3 is 2.55 bits per heavy atom. The second-order valence-corrected chi connectivity index (χ2v) is 6.09. The van der Waals surface area contributed by atoms with Crippen LogP contribution in [0.1, 0.15) is 38.2 Å². The first-order valence-electron chi connectivity index (χ1n) is 8.19. The third-order valence-corrected chi connectivity index (χ3v) is 4.34. The van der Waals surface area contributed by atoms with Crippen LogP contribution in [0.3, 0.4) is 0 Å². The van der Waals surface area contributed by atoms with Gasteiger partial charge in [-0.1, -0.05) is 30.4 Å². The molecule has 0 bridgehead atoms. The molecule has 0 aromatic heterocycles. The van der Waals surface area contributed by atoms with Gasteiger partial charge in [0.1, 0.15) is 0 Å². The van der Waals surface area contributed by atoms with Crippen molar-refractivity contribution in [1.29, 1.82) is 0 Å². The Labute approximate surface area is 135 Å². The first-order valence-corrected chi connectivity index (χ1v) is 8.19. The quantitative estimate of drug-likeness (QED) is 0.748. The predicted molar refractivity (Wildman–Crippen MR) is 98.1 cm³/mol. The molecule has 1 aromatic carbocycles. The monoisotopic (exact) mass is 296 g/mol. The zero-order valence-electron chi connectivity index (χ0n) is 13.9. The van der Waals surface area contributed by atoms with Gasteiger partial charge in [-0.3, -0.25) is 0 Å². The Bertz CT molecular complexity index is 552. The number of nitrogens with zero attached hydrogens (tertiary/aromatic N) is 1. The molecular formula is C20H28N2. The fraction of sp³-hybridized carbons (Fsp3) is 0.400. The maximum Gasteiger partial charge on any atom is 0.0364 e. The van der Waals surface area contributed by atoms with Crippen LogP contribution >= 0.6 is 0 Å². The molecule has 2 rings (SSSR count). The molecule has 2 heteroatoms. The molecule has 1 aromatic rings. The summed E-state index contributed by atoms with van der Waals surface area (Å²) in [4.78, 5) is 2.29. The van der Waals surface area contributed by atoms with Crippen LogP contribution in [-0.2, 0) is 0 Å². The summed E-state index contributed by atoms with van der Waals surface area (Å²) in [6, 6.07) is 9.01. The van der Waals surface area contributed by atoms with Gasteiger partial charge in [-0.25, -0.2) is 0 Å². The summed E-state index contributed by atoms with van der Waals surface area (Å²) in [6.45, 7) is 6.95. The highest BCUT2D eigenvalue weighted by Gasteiger charge is 2.08. The summed E-state index contributed by atoms with van der Waals surface area (Å²) in [5.41, 5.74) is 11.2. The summed E-state index contributed by atoms with van der Waals surface area (Å²) >= 11 is 0. The average molecular weight is 296 g/mol. The van der Waals surface area contributed by atoms with Gasteiger partial charge >= 0.3 is 0 Å². The van der Waals surface area contributed by atoms with E-state index in [-0.39, 0.29) is 6.04 Å². The highest BCUT2D eigenvalue weighted by molar-refractivity contribution is 5.79. The van der Waals surface area contributed by atoms with E-state index in [1.54, 1.807) is 0 Å². The van der Waals surface area contributed by atoms with Crippen LogP contribution in [0.5, 0.6) is 0 Å². The molecule has 0 aliphatic heterocycles. The number of benzene rings is 1. The molecular weight excluding hydrogens is 268 g/mol. The third kappa shape index (κ3) is 4.35. The van der Waals surface area contributed by atoms with E-state index in [4.69, 9.17) is 5.73 Å². The van der Waals surface area contributed by atoms with Crippen molar-refractivity contribution in [1.82, 2.24) is 0 Å². The van der Waals surface area contributed by atoms with Gasteiger partial charge in [-0.05, 0) is 61.4 Å². The number of allylic oxidation sites excluding steroid dienone is 4. The molecule has 0 saturated carbocycles. The van der Waals surface area contributed by atoms with Crippen LogP contribution in [0, 0.1) is 0 Å². The Hall–Kier alpha value is -1.80. The van der Waals surface area contributed by atoms with Gasteiger partial charge in [0.25, 0.3) is 0 Å². The highest BCUT2D eigenvalue weighted by Crippen LogP contribution is 2.29. The topological polar surface area (TPSA) is 29.3 Å². The molecule has 0 amide bonds. The van der Waals surface area contributed by atoms with Gasteiger partial charge in [-0.15, -0.1) is 6.58 Å². The molecule has 1 unspecified atom stereocenters. The minimum absolute atomic E-state index is 0.115. The van der Waals surface area contributed by atoms with Crippen molar-refractivity contribution in [2.24, 2.45) is 5.73 Å². The van der Waals surface area contributed by atoms with Crippen LogP contribution in [0.4, 0.5) is 5.69 Å². The van der Waals surface area contributed by atoms with E-state index in [1.807, 2.05) is 6.08 Å². The normalized spacial score (nSPS) is 15.8. The van der Waals surface area contributed by atoms with Crippen molar-refractivity contribution in [2.45, 2.75) is 38.6 Å². The number of rotatable bonds is 7. The van der Waals surface area contributed by atoms with Crippen LogP contribution in [0.2, 0.25) is 0 Å². The van der Waals surface area contributed by atoms with Crippen molar-refractivity contribution in [2.75, 3.05) is 18.5 Å². The summed E-state index contributed by atoms with van der Waals surface area (Å²) in [5.74, 6) is 0. The molecule has 22 heavy (non-hydrogen) atoms. The molecule has 118 valence electrons. The van der Waals surface area contributed by atoms with E-state index in [1.165, 1.54) is 28.8 Å². The molecule has 2 nitrogen and oxygen atoms in total. The smallest absolute Gasteiger partial charge is 0.0364 e. The van der Waals surface area contributed by atoms with Crippen molar-refractivity contribution in [3.63, 3.8) is 0 Å². The average Bonchev–Trinajstić information content (AvgIpc) is 2.55. The highest BCUT2D eigenvalue weighted by atomic mass is 15.1. The summed E-state index contributed by atoms with van der Waals surface area (Å²) in [6.07, 6.45) is 10.9. The van der Waals surface area contributed by atoms with E-state index in [0.29, 0.717) is 0 Å². The second kappa shape index (κ2) is 8.00. The number of hydrogen-bond acceptors (Lipinski definition) is 2. The SMILES string of the molecule is C=CC(N)CCCN(C)c1ccc(C2=CCCC=C2C)cc1. The van der Waals surface area contributed by atoms with Gasteiger partial charge in [0.2, 0.25) is 0 Å². The van der Waals surface area contributed by atoms with Crippen molar-refractivity contribution < 1.29 is 0 Å². The van der Waals surface area contributed by atoms with Crippen LogP contribution < -0.4 is 10.6 Å². The van der Waals surface area contributed by atoms with E-state index in [0.717, 1.165) is 25.8 Å². The Morgan fingerprint density at radius 1 is 1.23 bits per heavy atom. The molecule has 1 aliphatic rings. The van der Waals surface area contributed by atoms with E-state index >= 15 is 0 Å². The van der Waals surface area contributed by atoms with Crippen molar-refractivity contribution in [3.05, 3.63) is 60.2 Å². The third-order valence-electron chi connectivity index (χ3n) is 4.34. The predicted octanol–water partition coefficient (Wildman–Crippen LogP) is 4.54. The molecule has 1 atom stereocenters. The van der Waals surface area contributed by atoms with Gasteiger partial charge in [0.15, 0.2) is 0 Å². The Kier molecular flexibility index (Phi) is 6.02. The van der Waals surface area contributed by atoms with Gasteiger partial charge in [0, 0.05) is 25.3 Å². The molecule has 1 aliphatic carbocycles. The lowest BCUT2D eigenvalue weighted by molar-refractivity contribution is 0.661. The van der Waals surface area contributed by atoms with Crippen LogP contribution in [0.15, 0.2) is 54.6 Å². The number of hydrogen-bond donors (Lipinski definition) is 1. The molecule has 0 fully saturated rings. The second-order valence-electron chi connectivity index (χ2n) is 6.09. The summed E-state index contributed by atoms with van der Waals surface area (Å²) < 4.78 is 0. The van der Waals surface area contributed by atoms with E-state index in [2.05, 4.69) is 61.9 Å². The standard InChI is InChI=1S/C20H28N2/c1-4-18(21)9-7-15-22(3)19-13-11-17(12-14-19)20-10-6-5-8-16(20)2/h4,8,10-14,18H,1,5-7,9,15,21H2,2-3H3. The van der Waals surface area contributed by atoms with Gasteiger partial charge in [-0.2, -0.15) is 0 Å². The molecule has 0 heterocycles. The molecule has 0 radical (unpaired) electrons. The summed E-state index contributed by atoms with van der Waals surface area (Å²) in [5, 5.41) is 0. The van der Waals surface area contributed by atoms with E-state index in [9.17, 15) is 0 Å². The zero-order chi connectivity index (χ0) is 15.9. The maximum absolute atomic E-state index is 5.87. The fourth-order valence-electron chi connectivity index (χ4n) is 2.85. The lowest BCUT2D eigenvalue weighted by atomic mass is 9.93.